The summed E-state index contributed by atoms with van der Waals surface area (Å²) in [5.41, 5.74) is 3.80. The molecule has 1 heterocycles. The van der Waals surface area contributed by atoms with Gasteiger partial charge in [0.25, 0.3) is 0 Å². The van der Waals surface area contributed by atoms with E-state index < -0.39 is 5.97 Å². The van der Waals surface area contributed by atoms with Crippen molar-refractivity contribution in [3.05, 3.63) is 89.7 Å². The van der Waals surface area contributed by atoms with Gasteiger partial charge in [0.1, 0.15) is 17.4 Å². The zero-order valence-electron chi connectivity index (χ0n) is 17.7. The van der Waals surface area contributed by atoms with E-state index in [0.29, 0.717) is 22.9 Å². The number of para-hydroxylation sites is 1. The molecule has 3 aromatic carbocycles. The van der Waals surface area contributed by atoms with Crippen molar-refractivity contribution in [2.75, 3.05) is 12.4 Å². The maximum atomic E-state index is 13.4. The smallest absolute Gasteiger partial charge is 0.337 e. The maximum absolute atomic E-state index is 13.4. The Morgan fingerprint density at radius 2 is 1.84 bits per heavy atom. The molecule has 0 saturated carbocycles. The van der Waals surface area contributed by atoms with Crippen LogP contribution in [0.1, 0.15) is 22.8 Å². The van der Waals surface area contributed by atoms with Gasteiger partial charge in [-0.2, -0.15) is 5.10 Å². The molecule has 0 amide bonds. The number of rotatable bonds is 7. The predicted molar refractivity (Wildman–Crippen MR) is 122 cm³/mol. The first kappa shape index (κ1) is 21.1. The van der Waals surface area contributed by atoms with Gasteiger partial charge in [-0.05, 0) is 60.5 Å². The van der Waals surface area contributed by atoms with E-state index in [1.807, 2.05) is 30.3 Å². The van der Waals surface area contributed by atoms with Gasteiger partial charge in [0.15, 0.2) is 0 Å². The van der Waals surface area contributed by atoms with E-state index in [4.69, 9.17) is 9.84 Å². The summed E-state index contributed by atoms with van der Waals surface area (Å²) < 4.78 is 20.3. The highest BCUT2D eigenvalue weighted by Crippen LogP contribution is 2.31. The average molecular weight is 431 g/mol. The van der Waals surface area contributed by atoms with Gasteiger partial charge in [0, 0.05) is 11.6 Å². The molecule has 32 heavy (non-hydrogen) atoms. The SMILES string of the molecule is CCc1ccccc1-n1nc(-c2ccc(F)cc2)cc1Nc1ccc(OC)cc1C(=O)O. The third-order valence-corrected chi connectivity index (χ3v) is 5.17. The monoisotopic (exact) mass is 431 g/mol. The first-order valence-corrected chi connectivity index (χ1v) is 10.1. The standard InChI is InChI=1S/C25H22FN3O3/c1-3-16-6-4-5-7-23(16)29-24(15-22(28-29)17-8-10-18(26)11-9-17)27-21-13-12-19(32-2)14-20(21)25(30)31/h4-15,27H,3H2,1-2H3,(H,30,31). The number of carbonyl (C=O) groups is 1. The van der Waals surface area contributed by atoms with Crippen LogP contribution in [0.4, 0.5) is 15.9 Å². The van der Waals surface area contributed by atoms with Gasteiger partial charge >= 0.3 is 5.97 Å². The first-order chi connectivity index (χ1) is 15.5. The number of benzene rings is 3. The van der Waals surface area contributed by atoms with Crippen LogP contribution in [0.25, 0.3) is 16.9 Å². The molecule has 0 fully saturated rings. The van der Waals surface area contributed by atoms with Crippen molar-refractivity contribution < 1.29 is 19.0 Å². The minimum Gasteiger partial charge on any atom is -0.497 e. The molecule has 2 N–H and O–H groups in total. The molecular weight excluding hydrogens is 409 g/mol. The molecule has 1 aromatic heterocycles. The number of nitrogens with zero attached hydrogens (tertiary/aromatic N) is 2. The third-order valence-electron chi connectivity index (χ3n) is 5.17. The molecule has 0 aliphatic rings. The lowest BCUT2D eigenvalue weighted by molar-refractivity contribution is 0.0697. The number of aromatic nitrogens is 2. The molecule has 7 heteroatoms. The molecule has 0 radical (unpaired) electrons. The van der Waals surface area contributed by atoms with Gasteiger partial charge in [0.2, 0.25) is 0 Å². The predicted octanol–water partition coefficient (Wildman–Crippen LogP) is 5.69. The Kier molecular flexibility index (Phi) is 5.89. The van der Waals surface area contributed by atoms with E-state index >= 15 is 0 Å². The molecule has 0 spiro atoms. The van der Waals surface area contributed by atoms with E-state index in [1.54, 1.807) is 28.9 Å². The number of anilines is 2. The van der Waals surface area contributed by atoms with E-state index in [1.165, 1.54) is 25.3 Å². The summed E-state index contributed by atoms with van der Waals surface area (Å²) in [6.45, 7) is 2.06. The van der Waals surface area contributed by atoms with Gasteiger partial charge in [-0.3, -0.25) is 0 Å². The molecule has 6 nitrogen and oxygen atoms in total. The summed E-state index contributed by atoms with van der Waals surface area (Å²) in [4.78, 5) is 11.8. The molecule has 0 bridgehead atoms. The molecule has 0 aliphatic carbocycles. The van der Waals surface area contributed by atoms with Crippen LogP contribution >= 0.6 is 0 Å². The summed E-state index contributed by atoms with van der Waals surface area (Å²) in [5.74, 6) is -0.375. The molecule has 162 valence electrons. The lowest BCUT2D eigenvalue weighted by Crippen LogP contribution is -2.08. The second kappa shape index (κ2) is 8.93. The van der Waals surface area contributed by atoms with Crippen molar-refractivity contribution in [3.63, 3.8) is 0 Å². The summed E-state index contributed by atoms with van der Waals surface area (Å²) in [6, 6.07) is 20.6. The summed E-state index contributed by atoms with van der Waals surface area (Å²) in [5, 5.41) is 17.7. The quantitative estimate of drug-likeness (QED) is 0.393. The van der Waals surface area contributed by atoms with Crippen LogP contribution < -0.4 is 10.1 Å². The van der Waals surface area contributed by atoms with Crippen molar-refractivity contribution in [1.29, 1.82) is 0 Å². The normalized spacial score (nSPS) is 10.7. The van der Waals surface area contributed by atoms with E-state index in [-0.39, 0.29) is 11.4 Å². The fourth-order valence-electron chi connectivity index (χ4n) is 3.51. The van der Waals surface area contributed by atoms with Crippen LogP contribution in [0.5, 0.6) is 5.75 Å². The molecular formula is C25H22FN3O3. The maximum Gasteiger partial charge on any atom is 0.337 e. The van der Waals surface area contributed by atoms with Crippen LogP contribution in [0.3, 0.4) is 0 Å². The number of aryl methyl sites for hydroxylation is 1. The van der Waals surface area contributed by atoms with Crippen LogP contribution in [-0.4, -0.2) is 28.0 Å². The number of methoxy groups -OCH3 is 1. The largest absolute Gasteiger partial charge is 0.497 e. The second-order valence-corrected chi connectivity index (χ2v) is 7.16. The Morgan fingerprint density at radius 1 is 1.09 bits per heavy atom. The zero-order valence-corrected chi connectivity index (χ0v) is 17.7. The number of hydrogen-bond donors (Lipinski definition) is 2. The molecule has 0 aliphatic heterocycles. The van der Waals surface area contributed by atoms with Gasteiger partial charge in [0.05, 0.1) is 29.7 Å². The van der Waals surface area contributed by atoms with Crippen molar-refractivity contribution >= 4 is 17.5 Å². The fraction of sp³-hybridized carbons (Fsp3) is 0.120. The molecule has 4 aromatic rings. The lowest BCUT2D eigenvalue weighted by atomic mass is 10.1. The summed E-state index contributed by atoms with van der Waals surface area (Å²) in [6.07, 6.45) is 0.796. The highest BCUT2D eigenvalue weighted by molar-refractivity contribution is 5.95. The Balaban J connectivity index is 1.85. The third kappa shape index (κ3) is 4.18. The van der Waals surface area contributed by atoms with Gasteiger partial charge in [-0.25, -0.2) is 13.9 Å². The zero-order chi connectivity index (χ0) is 22.7. The summed E-state index contributed by atoms with van der Waals surface area (Å²) in [7, 11) is 1.49. The number of ether oxygens (including phenoxy) is 1. The number of carboxylic acids is 1. The average Bonchev–Trinajstić information content (AvgIpc) is 3.23. The van der Waals surface area contributed by atoms with E-state index in [0.717, 1.165) is 23.2 Å². The van der Waals surface area contributed by atoms with Gasteiger partial charge in [-0.15, -0.1) is 0 Å². The molecule has 0 unspecified atom stereocenters. The van der Waals surface area contributed by atoms with Crippen molar-refractivity contribution in [3.8, 4) is 22.7 Å². The lowest BCUT2D eigenvalue weighted by Gasteiger charge is -2.14. The Morgan fingerprint density at radius 3 is 2.53 bits per heavy atom. The number of hydrogen-bond acceptors (Lipinski definition) is 4. The van der Waals surface area contributed by atoms with Crippen molar-refractivity contribution in [2.45, 2.75) is 13.3 Å². The molecule has 0 saturated heterocycles. The van der Waals surface area contributed by atoms with Crippen molar-refractivity contribution in [2.24, 2.45) is 0 Å². The second-order valence-electron chi connectivity index (χ2n) is 7.16. The Labute approximate surface area is 184 Å². The van der Waals surface area contributed by atoms with Crippen LogP contribution in [0.2, 0.25) is 0 Å². The number of nitrogens with one attached hydrogen (secondary N) is 1. The van der Waals surface area contributed by atoms with Crippen LogP contribution in [0.15, 0.2) is 72.8 Å². The number of carboxylic acid groups (broad SMARTS) is 1. The van der Waals surface area contributed by atoms with E-state index in [9.17, 15) is 14.3 Å². The minimum atomic E-state index is -1.08. The Hall–Kier alpha value is -4.13. The van der Waals surface area contributed by atoms with Gasteiger partial charge in [-0.1, -0.05) is 25.1 Å². The molecule has 4 rings (SSSR count). The molecule has 0 atom stereocenters. The van der Waals surface area contributed by atoms with Crippen LogP contribution in [0, 0.1) is 5.82 Å². The highest BCUT2D eigenvalue weighted by atomic mass is 19.1. The minimum absolute atomic E-state index is 0.0733. The van der Waals surface area contributed by atoms with Gasteiger partial charge < -0.3 is 15.2 Å². The first-order valence-electron chi connectivity index (χ1n) is 10.1. The fourth-order valence-corrected chi connectivity index (χ4v) is 3.51. The van der Waals surface area contributed by atoms with Crippen LogP contribution in [-0.2, 0) is 6.42 Å². The Bertz CT molecular complexity index is 1270. The number of aromatic carboxylic acids is 1. The summed E-state index contributed by atoms with van der Waals surface area (Å²) >= 11 is 0. The topological polar surface area (TPSA) is 76.4 Å². The van der Waals surface area contributed by atoms with E-state index in [2.05, 4.69) is 12.2 Å². The van der Waals surface area contributed by atoms with Crippen molar-refractivity contribution in [1.82, 2.24) is 9.78 Å². The number of halogens is 1. The highest BCUT2D eigenvalue weighted by Gasteiger charge is 2.17.